The fourth-order valence-corrected chi connectivity index (χ4v) is 2.91. The van der Waals surface area contributed by atoms with Gasteiger partial charge in [0.1, 0.15) is 5.82 Å². The zero-order chi connectivity index (χ0) is 20.6. The molecule has 1 N–H and O–H groups in total. The monoisotopic (exact) mass is 397 g/mol. The number of ether oxygens (including phenoxy) is 2. The molecule has 6 nitrogen and oxygen atoms in total. The van der Waals surface area contributed by atoms with E-state index in [0.717, 1.165) is 5.56 Å². The molecule has 0 atom stereocenters. The number of rotatable bonds is 9. The molecule has 29 heavy (non-hydrogen) atoms. The van der Waals surface area contributed by atoms with E-state index in [1.54, 1.807) is 35.3 Å². The number of aromatic nitrogens is 2. The van der Waals surface area contributed by atoms with E-state index in [1.165, 1.54) is 6.07 Å². The highest BCUT2D eigenvalue weighted by molar-refractivity contribution is 5.92. The molecule has 0 fully saturated rings. The van der Waals surface area contributed by atoms with Gasteiger partial charge in [0.2, 0.25) is 5.91 Å². The Morgan fingerprint density at radius 2 is 1.86 bits per heavy atom. The SMILES string of the molecule is CCOc1ccc(CC(=O)Nc2cnn(Cc3ccccc3F)c2)cc1OCC. The number of nitrogens with one attached hydrogen (secondary N) is 1. The quantitative estimate of drug-likeness (QED) is 0.592. The molecule has 1 heterocycles. The van der Waals surface area contributed by atoms with Crippen LogP contribution in [-0.2, 0) is 17.8 Å². The van der Waals surface area contributed by atoms with Crippen molar-refractivity contribution < 1.29 is 18.7 Å². The average molecular weight is 397 g/mol. The van der Waals surface area contributed by atoms with Crippen molar-refractivity contribution in [3.8, 4) is 11.5 Å². The minimum absolute atomic E-state index is 0.179. The summed E-state index contributed by atoms with van der Waals surface area (Å²) in [5.74, 6) is 0.821. The summed E-state index contributed by atoms with van der Waals surface area (Å²) in [6.45, 7) is 5.14. The third kappa shape index (κ3) is 5.57. The third-order valence-corrected chi connectivity index (χ3v) is 4.18. The standard InChI is InChI=1S/C22H24FN3O3/c1-3-28-20-10-9-16(11-21(20)29-4-2)12-22(27)25-18-13-24-26(15-18)14-17-7-5-6-8-19(17)23/h5-11,13,15H,3-4,12,14H2,1-2H3,(H,25,27). The molecule has 0 bridgehead atoms. The number of carbonyl (C=O) groups excluding carboxylic acids is 1. The largest absolute Gasteiger partial charge is 0.490 e. The Morgan fingerprint density at radius 1 is 1.10 bits per heavy atom. The maximum atomic E-state index is 13.8. The van der Waals surface area contributed by atoms with Crippen LogP contribution in [0.3, 0.4) is 0 Å². The number of hydrogen-bond acceptors (Lipinski definition) is 4. The van der Waals surface area contributed by atoms with Gasteiger partial charge in [0, 0.05) is 11.8 Å². The molecule has 2 aromatic carbocycles. The predicted molar refractivity (Wildman–Crippen MR) is 109 cm³/mol. The maximum Gasteiger partial charge on any atom is 0.228 e. The molecule has 0 aliphatic heterocycles. The van der Waals surface area contributed by atoms with E-state index in [1.807, 2.05) is 32.0 Å². The topological polar surface area (TPSA) is 65.4 Å². The highest BCUT2D eigenvalue weighted by atomic mass is 19.1. The van der Waals surface area contributed by atoms with Gasteiger partial charge in [0.15, 0.2) is 11.5 Å². The van der Waals surface area contributed by atoms with Crippen LogP contribution in [-0.4, -0.2) is 28.9 Å². The van der Waals surface area contributed by atoms with Crippen LogP contribution in [0.25, 0.3) is 0 Å². The van der Waals surface area contributed by atoms with Gasteiger partial charge >= 0.3 is 0 Å². The summed E-state index contributed by atoms with van der Waals surface area (Å²) in [6, 6.07) is 12.0. The fraction of sp³-hybridized carbons (Fsp3) is 0.273. The van der Waals surface area contributed by atoms with Crippen molar-refractivity contribution in [3.05, 3.63) is 71.8 Å². The van der Waals surface area contributed by atoms with Gasteiger partial charge in [-0.05, 0) is 37.6 Å². The van der Waals surface area contributed by atoms with Crippen LogP contribution < -0.4 is 14.8 Å². The number of benzene rings is 2. The Balaban J connectivity index is 1.62. The van der Waals surface area contributed by atoms with Gasteiger partial charge in [-0.2, -0.15) is 5.10 Å². The summed E-state index contributed by atoms with van der Waals surface area (Å²) in [5.41, 5.74) is 1.90. The van der Waals surface area contributed by atoms with Gasteiger partial charge in [0.05, 0.1) is 38.1 Å². The first kappa shape index (κ1) is 20.4. The normalized spacial score (nSPS) is 10.6. The van der Waals surface area contributed by atoms with E-state index in [2.05, 4.69) is 10.4 Å². The zero-order valence-corrected chi connectivity index (χ0v) is 16.5. The Labute approximate surface area is 169 Å². The first-order valence-electron chi connectivity index (χ1n) is 9.53. The van der Waals surface area contributed by atoms with Crippen LogP contribution in [0.1, 0.15) is 25.0 Å². The molecule has 3 aromatic rings. The summed E-state index contributed by atoms with van der Waals surface area (Å²) in [7, 11) is 0. The number of amides is 1. The van der Waals surface area contributed by atoms with E-state index in [0.29, 0.717) is 42.5 Å². The highest BCUT2D eigenvalue weighted by Gasteiger charge is 2.11. The molecule has 1 amide bonds. The summed E-state index contributed by atoms with van der Waals surface area (Å²) in [4.78, 5) is 12.4. The minimum Gasteiger partial charge on any atom is -0.490 e. The van der Waals surface area contributed by atoms with Gasteiger partial charge < -0.3 is 14.8 Å². The van der Waals surface area contributed by atoms with Crippen LogP contribution in [0.5, 0.6) is 11.5 Å². The zero-order valence-electron chi connectivity index (χ0n) is 16.5. The van der Waals surface area contributed by atoms with Gasteiger partial charge in [-0.1, -0.05) is 24.3 Å². The van der Waals surface area contributed by atoms with E-state index in [9.17, 15) is 9.18 Å². The third-order valence-electron chi connectivity index (χ3n) is 4.18. The van der Waals surface area contributed by atoms with Crippen LogP contribution in [0.15, 0.2) is 54.9 Å². The lowest BCUT2D eigenvalue weighted by Gasteiger charge is -2.12. The van der Waals surface area contributed by atoms with Gasteiger partial charge in [-0.25, -0.2) is 4.39 Å². The van der Waals surface area contributed by atoms with Crippen LogP contribution in [0, 0.1) is 5.82 Å². The molecule has 3 rings (SSSR count). The number of anilines is 1. The smallest absolute Gasteiger partial charge is 0.228 e. The molecule has 0 aliphatic rings. The maximum absolute atomic E-state index is 13.8. The molecule has 152 valence electrons. The highest BCUT2D eigenvalue weighted by Crippen LogP contribution is 2.28. The Morgan fingerprint density at radius 3 is 2.62 bits per heavy atom. The van der Waals surface area contributed by atoms with Crippen molar-refractivity contribution in [1.82, 2.24) is 9.78 Å². The molecule has 0 spiro atoms. The van der Waals surface area contributed by atoms with Crippen molar-refractivity contribution in [2.45, 2.75) is 26.8 Å². The molecular formula is C22H24FN3O3. The summed E-state index contributed by atoms with van der Waals surface area (Å²) in [6.07, 6.45) is 3.40. The lowest BCUT2D eigenvalue weighted by Crippen LogP contribution is -2.14. The van der Waals surface area contributed by atoms with E-state index < -0.39 is 0 Å². The molecule has 0 aliphatic carbocycles. The average Bonchev–Trinajstić information content (AvgIpc) is 3.13. The van der Waals surface area contributed by atoms with Crippen molar-refractivity contribution >= 4 is 11.6 Å². The molecule has 7 heteroatoms. The summed E-state index contributed by atoms with van der Waals surface area (Å²) >= 11 is 0. The Kier molecular flexibility index (Phi) is 6.84. The molecule has 0 saturated carbocycles. The molecule has 0 unspecified atom stereocenters. The van der Waals surface area contributed by atoms with Gasteiger partial charge in [-0.15, -0.1) is 0 Å². The van der Waals surface area contributed by atoms with Crippen molar-refractivity contribution in [2.75, 3.05) is 18.5 Å². The number of carbonyl (C=O) groups is 1. The first-order chi connectivity index (χ1) is 14.1. The van der Waals surface area contributed by atoms with Crippen LogP contribution >= 0.6 is 0 Å². The lowest BCUT2D eigenvalue weighted by molar-refractivity contribution is -0.115. The second-order valence-corrected chi connectivity index (χ2v) is 6.39. The van der Waals surface area contributed by atoms with E-state index >= 15 is 0 Å². The van der Waals surface area contributed by atoms with Crippen molar-refractivity contribution in [1.29, 1.82) is 0 Å². The fourth-order valence-electron chi connectivity index (χ4n) is 2.91. The van der Waals surface area contributed by atoms with E-state index in [4.69, 9.17) is 9.47 Å². The van der Waals surface area contributed by atoms with Crippen LogP contribution in [0.2, 0.25) is 0 Å². The summed E-state index contributed by atoms with van der Waals surface area (Å²) < 4.78 is 26.5. The molecular weight excluding hydrogens is 373 g/mol. The van der Waals surface area contributed by atoms with Gasteiger partial charge in [-0.3, -0.25) is 9.48 Å². The molecule has 1 aromatic heterocycles. The molecule has 0 saturated heterocycles. The molecule has 0 radical (unpaired) electrons. The number of halogens is 1. The predicted octanol–water partition coefficient (Wildman–Crippen LogP) is 4.05. The van der Waals surface area contributed by atoms with Crippen LogP contribution in [0.4, 0.5) is 10.1 Å². The van der Waals surface area contributed by atoms with Crippen molar-refractivity contribution in [3.63, 3.8) is 0 Å². The second kappa shape index (κ2) is 9.73. The van der Waals surface area contributed by atoms with Crippen molar-refractivity contribution in [2.24, 2.45) is 0 Å². The first-order valence-corrected chi connectivity index (χ1v) is 9.53. The van der Waals surface area contributed by atoms with Gasteiger partial charge in [0.25, 0.3) is 0 Å². The summed E-state index contributed by atoms with van der Waals surface area (Å²) in [5, 5.41) is 7.00. The Bertz CT molecular complexity index is 971. The second-order valence-electron chi connectivity index (χ2n) is 6.39. The number of hydrogen-bond donors (Lipinski definition) is 1. The minimum atomic E-state index is -0.283. The lowest BCUT2D eigenvalue weighted by atomic mass is 10.1. The number of nitrogens with zero attached hydrogens (tertiary/aromatic N) is 2. The Hall–Kier alpha value is -3.35. The van der Waals surface area contributed by atoms with E-state index in [-0.39, 0.29) is 18.1 Å².